The van der Waals surface area contributed by atoms with E-state index in [1.807, 2.05) is 18.2 Å². The number of amides is 2. The normalized spacial score (nSPS) is 13.6. The lowest BCUT2D eigenvalue weighted by atomic mass is 10.2. The molecule has 1 aliphatic rings. The number of halogens is 1. The van der Waals surface area contributed by atoms with Gasteiger partial charge in [-0.1, -0.05) is 29.8 Å². The van der Waals surface area contributed by atoms with Crippen LogP contribution in [-0.2, 0) is 4.79 Å². The molecule has 7 heteroatoms. The summed E-state index contributed by atoms with van der Waals surface area (Å²) in [5, 5.41) is 6.90. The molecule has 0 radical (unpaired) electrons. The van der Waals surface area contributed by atoms with Crippen LogP contribution in [0.1, 0.15) is 22.5 Å². The number of thiazole rings is 1. The second-order valence-corrected chi connectivity index (χ2v) is 6.77. The summed E-state index contributed by atoms with van der Waals surface area (Å²) < 4.78 is 0. The number of nitrogens with zero attached hydrogens (tertiary/aromatic N) is 1. The Morgan fingerprint density at radius 1 is 1.22 bits per heavy atom. The average molecular weight is 350 g/mol. The molecule has 2 aromatic rings. The molecule has 0 unspecified atom stereocenters. The van der Waals surface area contributed by atoms with E-state index in [2.05, 4.69) is 15.6 Å². The summed E-state index contributed by atoms with van der Waals surface area (Å²) >= 11 is 7.43. The van der Waals surface area contributed by atoms with E-state index in [1.54, 1.807) is 12.3 Å². The van der Waals surface area contributed by atoms with E-state index in [-0.39, 0.29) is 17.7 Å². The van der Waals surface area contributed by atoms with Crippen molar-refractivity contribution in [3.63, 3.8) is 0 Å². The van der Waals surface area contributed by atoms with Gasteiger partial charge in [0, 0.05) is 24.6 Å². The van der Waals surface area contributed by atoms with Gasteiger partial charge in [0.2, 0.25) is 5.91 Å². The van der Waals surface area contributed by atoms with Crippen LogP contribution in [0.25, 0.3) is 10.6 Å². The maximum absolute atomic E-state index is 12.1. The number of rotatable bonds is 6. The van der Waals surface area contributed by atoms with Crippen molar-refractivity contribution in [2.45, 2.75) is 12.8 Å². The SMILES string of the molecule is O=C(NCCNC(=O)C1CC1)c1cnc(-c2ccccc2Cl)s1. The van der Waals surface area contributed by atoms with Gasteiger partial charge in [0.05, 0.1) is 11.2 Å². The van der Waals surface area contributed by atoms with Crippen molar-refractivity contribution in [3.05, 3.63) is 40.4 Å². The first-order valence-corrected chi connectivity index (χ1v) is 8.61. The van der Waals surface area contributed by atoms with E-state index in [4.69, 9.17) is 11.6 Å². The molecule has 1 heterocycles. The minimum Gasteiger partial charge on any atom is -0.354 e. The molecule has 1 aliphatic carbocycles. The van der Waals surface area contributed by atoms with Crippen molar-refractivity contribution in [1.29, 1.82) is 0 Å². The fourth-order valence-corrected chi connectivity index (χ4v) is 3.23. The topological polar surface area (TPSA) is 71.1 Å². The molecule has 0 spiro atoms. The van der Waals surface area contributed by atoms with E-state index in [1.165, 1.54) is 11.3 Å². The van der Waals surface area contributed by atoms with Crippen LogP contribution >= 0.6 is 22.9 Å². The highest BCUT2D eigenvalue weighted by molar-refractivity contribution is 7.17. The van der Waals surface area contributed by atoms with E-state index in [0.717, 1.165) is 18.4 Å². The molecular formula is C16H16ClN3O2S. The van der Waals surface area contributed by atoms with E-state index < -0.39 is 0 Å². The molecule has 0 atom stereocenters. The molecule has 2 amide bonds. The first-order valence-electron chi connectivity index (χ1n) is 7.42. The van der Waals surface area contributed by atoms with Gasteiger partial charge in [0.1, 0.15) is 9.88 Å². The molecule has 1 saturated carbocycles. The van der Waals surface area contributed by atoms with Gasteiger partial charge >= 0.3 is 0 Å². The van der Waals surface area contributed by atoms with Gasteiger partial charge in [0.25, 0.3) is 5.91 Å². The molecule has 23 heavy (non-hydrogen) atoms. The summed E-state index contributed by atoms with van der Waals surface area (Å²) in [7, 11) is 0. The molecule has 0 aliphatic heterocycles. The molecule has 0 saturated heterocycles. The number of hydrogen-bond donors (Lipinski definition) is 2. The third kappa shape index (κ3) is 4.09. The summed E-state index contributed by atoms with van der Waals surface area (Å²) in [6, 6.07) is 7.39. The van der Waals surface area contributed by atoms with Crippen LogP contribution in [0.5, 0.6) is 0 Å². The third-order valence-electron chi connectivity index (χ3n) is 3.49. The van der Waals surface area contributed by atoms with Crippen LogP contribution in [0, 0.1) is 5.92 Å². The Morgan fingerprint density at radius 3 is 2.70 bits per heavy atom. The zero-order valence-corrected chi connectivity index (χ0v) is 13.9. The Kier molecular flexibility index (Phi) is 4.93. The predicted molar refractivity (Wildman–Crippen MR) is 90.6 cm³/mol. The standard InChI is InChI=1S/C16H16ClN3O2S/c17-12-4-2-1-3-11(12)16-20-9-13(23-16)15(22)19-8-7-18-14(21)10-5-6-10/h1-4,9-10H,5-8H2,(H,18,21)(H,19,22). The van der Waals surface area contributed by atoms with E-state index >= 15 is 0 Å². The largest absolute Gasteiger partial charge is 0.354 e. The highest BCUT2D eigenvalue weighted by Gasteiger charge is 2.29. The summed E-state index contributed by atoms with van der Waals surface area (Å²) in [5.41, 5.74) is 0.815. The minimum atomic E-state index is -0.193. The Bertz CT molecular complexity index is 728. The van der Waals surface area contributed by atoms with Gasteiger partial charge in [-0.05, 0) is 18.9 Å². The molecule has 5 nitrogen and oxygen atoms in total. The first kappa shape index (κ1) is 16.0. The van der Waals surface area contributed by atoms with Gasteiger partial charge < -0.3 is 10.6 Å². The molecule has 1 aromatic heterocycles. The minimum absolute atomic E-state index is 0.0815. The number of aromatic nitrogens is 1. The maximum atomic E-state index is 12.1. The number of carbonyl (C=O) groups excluding carboxylic acids is 2. The quantitative estimate of drug-likeness (QED) is 0.788. The number of nitrogens with one attached hydrogen (secondary N) is 2. The number of hydrogen-bond acceptors (Lipinski definition) is 4. The summed E-state index contributed by atoms with van der Waals surface area (Å²) in [6.45, 7) is 0.841. The molecular weight excluding hydrogens is 334 g/mol. The first-order chi connectivity index (χ1) is 11.1. The summed E-state index contributed by atoms with van der Waals surface area (Å²) in [5.74, 6) is 0.0740. The monoisotopic (exact) mass is 349 g/mol. The van der Waals surface area contributed by atoms with Crippen LogP contribution in [0.2, 0.25) is 5.02 Å². The highest BCUT2D eigenvalue weighted by atomic mass is 35.5. The van der Waals surface area contributed by atoms with Crippen LogP contribution in [0.4, 0.5) is 0 Å². The highest BCUT2D eigenvalue weighted by Crippen LogP contribution is 2.31. The molecule has 1 fully saturated rings. The average Bonchev–Trinajstić information content (AvgIpc) is 3.29. The second kappa shape index (κ2) is 7.10. The van der Waals surface area contributed by atoms with Crippen molar-refractivity contribution in [1.82, 2.24) is 15.6 Å². The number of benzene rings is 1. The molecule has 120 valence electrons. The smallest absolute Gasteiger partial charge is 0.263 e. The van der Waals surface area contributed by atoms with Crippen molar-refractivity contribution in [2.75, 3.05) is 13.1 Å². The van der Waals surface area contributed by atoms with Gasteiger partial charge in [-0.2, -0.15) is 0 Å². The molecule has 3 rings (SSSR count). The van der Waals surface area contributed by atoms with Crippen LogP contribution < -0.4 is 10.6 Å². The van der Waals surface area contributed by atoms with Crippen LogP contribution in [0.3, 0.4) is 0 Å². The molecule has 0 bridgehead atoms. The zero-order valence-electron chi connectivity index (χ0n) is 12.3. The predicted octanol–water partition coefficient (Wildman–Crippen LogP) is 2.72. The van der Waals surface area contributed by atoms with Gasteiger partial charge in [0.15, 0.2) is 0 Å². The van der Waals surface area contributed by atoms with Crippen molar-refractivity contribution in [3.8, 4) is 10.6 Å². The lowest BCUT2D eigenvalue weighted by Gasteiger charge is -2.05. The van der Waals surface area contributed by atoms with Gasteiger partial charge in [-0.15, -0.1) is 11.3 Å². The number of carbonyl (C=O) groups is 2. The lowest BCUT2D eigenvalue weighted by Crippen LogP contribution is -2.35. The molecule has 1 aromatic carbocycles. The summed E-state index contributed by atoms with van der Waals surface area (Å²) in [6.07, 6.45) is 3.50. The second-order valence-electron chi connectivity index (χ2n) is 5.33. The van der Waals surface area contributed by atoms with Crippen molar-refractivity contribution >= 4 is 34.8 Å². The summed E-state index contributed by atoms with van der Waals surface area (Å²) in [4.78, 5) is 28.3. The Hall–Kier alpha value is -1.92. The zero-order chi connectivity index (χ0) is 16.2. The lowest BCUT2D eigenvalue weighted by molar-refractivity contribution is -0.122. The van der Waals surface area contributed by atoms with Gasteiger partial charge in [-0.25, -0.2) is 4.98 Å². The van der Waals surface area contributed by atoms with Gasteiger partial charge in [-0.3, -0.25) is 9.59 Å². The van der Waals surface area contributed by atoms with E-state index in [9.17, 15) is 9.59 Å². The van der Waals surface area contributed by atoms with Crippen molar-refractivity contribution in [2.24, 2.45) is 5.92 Å². The maximum Gasteiger partial charge on any atom is 0.263 e. The molecule has 2 N–H and O–H groups in total. The van der Waals surface area contributed by atoms with Crippen molar-refractivity contribution < 1.29 is 9.59 Å². The van der Waals surface area contributed by atoms with Crippen LogP contribution in [0.15, 0.2) is 30.5 Å². The van der Waals surface area contributed by atoms with Crippen LogP contribution in [-0.4, -0.2) is 29.9 Å². The fraction of sp³-hybridized carbons (Fsp3) is 0.312. The third-order valence-corrected chi connectivity index (χ3v) is 4.85. The Morgan fingerprint density at radius 2 is 1.96 bits per heavy atom. The fourth-order valence-electron chi connectivity index (χ4n) is 2.08. The Labute approximate surface area is 143 Å². The van der Waals surface area contributed by atoms with E-state index in [0.29, 0.717) is 28.0 Å². The Balaban J connectivity index is 1.52.